The van der Waals surface area contributed by atoms with Gasteiger partial charge >= 0.3 is 5.69 Å². The third-order valence-corrected chi connectivity index (χ3v) is 6.87. The number of unbranched alkanes of at least 4 members (excludes halogenated alkanes) is 13. The molecular formula is C30H43N5O2. The molecule has 0 atom stereocenters. The highest BCUT2D eigenvalue weighted by Gasteiger charge is 2.23. The number of benzene rings is 2. The topological polar surface area (TPSA) is 93.0 Å². The fourth-order valence-electron chi connectivity index (χ4n) is 4.76. The van der Waals surface area contributed by atoms with Crippen LogP contribution in [0.15, 0.2) is 48.8 Å². The van der Waals surface area contributed by atoms with E-state index in [1.165, 1.54) is 83.4 Å². The lowest BCUT2D eigenvalue weighted by molar-refractivity contribution is -0.383. The summed E-state index contributed by atoms with van der Waals surface area (Å²) in [6, 6.07) is 13.8. The van der Waals surface area contributed by atoms with Gasteiger partial charge in [0.15, 0.2) is 0 Å². The van der Waals surface area contributed by atoms with Gasteiger partial charge in [-0.05, 0) is 17.9 Å². The maximum atomic E-state index is 11.9. The Labute approximate surface area is 221 Å². The second-order valence-electron chi connectivity index (χ2n) is 9.85. The average molecular weight is 506 g/mol. The summed E-state index contributed by atoms with van der Waals surface area (Å²) in [4.78, 5) is 19.8. The Balaban J connectivity index is 1.37. The lowest BCUT2D eigenvalue weighted by Crippen LogP contribution is -2.09. The van der Waals surface area contributed by atoms with Crippen LogP contribution < -0.4 is 10.6 Å². The molecule has 0 aliphatic heterocycles. The van der Waals surface area contributed by atoms with E-state index in [9.17, 15) is 10.1 Å². The van der Waals surface area contributed by atoms with Crippen molar-refractivity contribution in [3.05, 3.63) is 58.9 Å². The van der Waals surface area contributed by atoms with Gasteiger partial charge in [-0.1, -0.05) is 127 Å². The number of hydrogen-bond donors (Lipinski definition) is 2. The van der Waals surface area contributed by atoms with Gasteiger partial charge in [-0.3, -0.25) is 10.1 Å². The molecule has 3 rings (SSSR count). The van der Waals surface area contributed by atoms with Gasteiger partial charge in [0.25, 0.3) is 0 Å². The van der Waals surface area contributed by atoms with Crippen molar-refractivity contribution in [2.75, 3.05) is 17.2 Å². The van der Waals surface area contributed by atoms with Crippen LogP contribution in [0.3, 0.4) is 0 Å². The summed E-state index contributed by atoms with van der Waals surface area (Å²) in [5.41, 5.74) is 0.652. The first kappa shape index (κ1) is 28.4. The average Bonchev–Trinajstić information content (AvgIpc) is 2.91. The van der Waals surface area contributed by atoms with Crippen LogP contribution in [0.2, 0.25) is 0 Å². The number of aromatic nitrogens is 2. The third-order valence-electron chi connectivity index (χ3n) is 6.87. The molecule has 0 aliphatic carbocycles. The monoisotopic (exact) mass is 505 g/mol. The Kier molecular flexibility index (Phi) is 12.7. The molecule has 1 heterocycles. The van der Waals surface area contributed by atoms with Crippen molar-refractivity contribution in [1.29, 1.82) is 0 Å². The van der Waals surface area contributed by atoms with Crippen LogP contribution in [0, 0.1) is 10.1 Å². The van der Waals surface area contributed by atoms with E-state index >= 15 is 0 Å². The van der Waals surface area contributed by atoms with E-state index in [1.54, 1.807) is 0 Å². The Bertz CT molecular complexity index is 1080. The van der Waals surface area contributed by atoms with E-state index in [0.29, 0.717) is 6.54 Å². The highest BCUT2D eigenvalue weighted by Crippen LogP contribution is 2.33. The van der Waals surface area contributed by atoms with Crippen molar-refractivity contribution in [3.63, 3.8) is 0 Å². The van der Waals surface area contributed by atoms with Gasteiger partial charge in [-0.15, -0.1) is 0 Å². The molecule has 2 N–H and O–H groups in total. The van der Waals surface area contributed by atoms with Crippen LogP contribution in [0.1, 0.15) is 96.8 Å². The predicted molar refractivity (Wildman–Crippen MR) is 155 cm³/mol. The Morgan fingerprint density at radius 1 is 0.730 bits per heavy atom. The van der Waals surface area contributed by atoms with Crippen LogP contribution >= 0.6 is 0 Å². The quantitative estimate of drug-likeness (QED) is 0.0958. The Morgan fingerprint density at radius 3 is 1.95 bits per heavy atom. The highest BCUT2D eigenvalue weighted by molar-refractivity contribution is 5.96. The molecule has 0 spiro atoms. The van der Waals surface area contributed by atoms with Gasteiger partial charge in [0.2, 0.25) is 11.6 Å². The van der Waals surface area contributed by atoms with Gasteiger partial charge in [0.1, 0.15) is 6.33 Å². The Hall–Kier alpha value is -3.22. The molecule has 7 nitrogen and oxygen atoms in total. The molecule has 0 saturated heterocycles. The van der Waals surface area contributed by atoms with Gasteiger partial charge in [-0.2, -0.15) is 0 Å². The fraction of sp³-hybridized carbons (Fsp3) is 0.533. The minimum atomic E-state index is -0.416. The smallest absolute Gasteiger partial charge is 0.353 e. The van der Waals surface area contributed by atoms with Gasteiger partial charge < -0.3 is 10.6 Å². The van der Waals surface area contributed by atoms with Crippen molar-refractivity contribution in [3.8, 4) is 0 Å². The molecular weight excluding hydrogens is 462 g/mol. The van der Waals surface area contributed by atoms with E-state index < -0.39 is 4.92 Å². The van der Waals surface area contributed by atoms with E-state index in [1.807, 2.05) is 42.5 Å². The summed E-state index contributed by atoms with van der Waals surface area (Å²) in [5, 5.41) is 20.3. The highest BCUT2D eigenvalue weighted by atomic mass is 16.6. The number of nitrogens with one attached hydrogen (secondary N) is 2. The lowest BCUT2D eigenvalue weighted by atomic mass is 10.0. The molecule has 1 aromatic heterocycles. The second kappa shape index (κ2) is 16.5. The molecule has 0 aliphatic rings. The maximum Gasteiger partial charge on any atom is 0.353 e. The first-order chi connectivity index (χ1) is 18.2. The van der Waals surface area contributed by atoms with Crippen molar-refractivity contribution in [2.24, 2.45) is 0 Å². The summed E-state index contributed by atoms with van der Waals surface area (Å²) >= 11 is 0. The van der Waals surface area contributed by atoms with Crippen LogP contribution in [0.4, 0.5) is 23.0 Å². The SMILES string of the molecule is CCCCCCCCCCCCCCCCNc1ncnc(Nc2cccc3ccccc23)c1[N+](=O)[O-]. The zero-order valence-corrected chi connectivity index (χ0v) is 22.4. The van der Waals surface area contributed by atoms with E-state index in [0.717, 1.165) is 29.3 Å². The predicted octanol–water partition coefficient (Wildman–Crippen LogP) is 9.17. The minimum absolute atomic E-state index is 0.124. The molecule has 3 aromatic rings. The molecule has 0 radical (unpaired) electrons. The van der Waals surface area contributed by atoms with Gasteiger partial charge in [0, 0.05) is 17.6 Å². The largest absolute Gasteiger partial charge is 0.364 e. The molecule has 37 heavy (non-hydrogen) atoms. The van der Waals surface area contributed by atoms with Gasteiger partial charge in [0.05, 0.1) is 4.92 Å². The molecule has 7 heteroatoms. The Morgan fingerprint density at radius 2 is 1.30 bits per heavy atom. The molecule has 200 valence electrons. The van der Waals surface area contributed by atoms with Gasteiger partial charge in [-0.25, -0.2) is 9.97 Å². The van der Waals surface area contributed by atoms with Crippen molar-refractivity contribution >= 4 is 33.8 Å². The summed E-state index contributed by atoms with van der Waals surface area (Å²) in [5.74, 6) is 0.456. The third kappa shape index (κ3) is 9.63. The zero-order chi connectivity index (χ0) is 26.1. The summed E-state index contributed by atoms with van der Waals surface area (Å²) in [6.45, 7) is 2.92. The summed E-state index contributed by atoms with van der Waals surface area (Å²) in [7, 11) is 0. The standard InChI is InChI=1S/C30H43N5O2/c1-2-3-4-5-6-7-8-9-10-11-12-13-14-17-23-31-29-28(35(36)37)30(33-24-32-29)34-27-22-18-20-25-19-15-16-21-26(25)27/h15-16,18-22,24H,2-14,17,23H2,1H3,(H2,31,32,33,34). The second-order valence-corrected chi connectivity index (χ2v) is 9.85. The molecule has 2 aromatic carbocycles. The van der Waals surface area contributed by atoms with E-state index in [-0.39, 0.29) is 17.3 Å². The van der Waals surface area contributed by atoms with Crippen LogP contribution in [-0.2, 0) is 0 Å². The summed E-state index contributed by atoms with van der Waals surface area (Å²) in [6.07, 6.45) is 19.6. The van der Waals surface area contributed by atoms with E-state index in [2.05, 4.69) is 27.5 Å². The minimum Gasteiger partial charge on any atom is -0.364 e. The number of fused-ring (bicyclic) bond motifs is 1. The van der Waals surface area contributed by atoms with Crippen LogP contribution in [-0.4, -0.2) is 21.4 Å². The van der Waals surface area contributed by atoms with Crippen LogP contribution in [0.5, 0.6) is 0 Å². The van der Waals surface area contributed by atoms with Crippen molar-refractivity contribution in [2.45, 2.75) is 96.8 Å². The lowest BCUT2D eigenvalue weighted by Gasteiger charge is -2.12. The number of anilines is 3. The summed E-state index contributed by atoms with van der Waals surface area (Å²) < 4.78 is 0. The maximum absolute atomic E-state index is 11.9. The van der Waals surface area contributed by atoms with E-state index in [4.69, 9.17) is 0 Å². The molecule has 0 amide bonds. The zero-order valence-electron chi connectivity index (χ0n) is 22.4. The normalized spacial score (nSPS) is 11.1. The first-order valence-corrected chi connectivity index (χ1v) is 14.2. The molecule has 0 fully saturated rings. The van der Waals surface area contributed by atoms with Crippen molar-refractivity contribution in [1.82, 2.24) is 9.97 Å². The number of hydrogen-bond acceptors (Lipinski definition) is 6. The first-order valence-electron chi connectivity index (χ1n) is 14.2. The number of nitro groups is 1. The number of nitrogens with zero attached hydrogens (tertiary/aromatic N) is 3. The molecule has 0 saturated carbocycles. The van der Waals surface area contributed by atoms with Crippen molar-refractivity contribution < 1.29 is 4.92 Å². The molecule has 0 bridgehead atoms. The number of rotatable bonds is 19. The molecule has 0 unspecified atom stereocenters. The van der Waals surface area contributed by atoms with Crippen LogP contribution in [0.25, 0.3) is 10.8 Å². The fourth-order valence-corrected chi connectivity index (χ4v) is 4.76.